The molecular formula is C7H10N2O2. The first-order chi connectivity index (χ1) is 5.27. The highest BCUT2D eigenvalue weighted by molar-refractivity contribution is 6.01. The van der Waals surface area contributed by atoms with E-state index in [1.807, 2.05) is 0 Å². The molecule has 11 heavy (non-hydrogen) atoms. The summed E-state index contributed by atoms with van der Waals surface area (Å²) in [5, 5.41) is 2.49. The zero-order chi connectivity index (χ0) is 7.84. The van der Waals surface area contributed by atoms with Crippen LogP contribution in [-0.4, -0.2) is 29.9 Å². The van der Waals surface area contributed by atoms with E-state index in [0.29, 0.717) is 12.5 Å². The van der Waals surface area contributed by atoms with E-state index in [-0.39, 0.29) is 18.5 Å². The average Bonchev–Trinajstić information content (AvgIpc) is 2.73. The molecule has 2 fully saturated rings. The lowest BCUT2D eigenvalue weighted by Gasteiger charge is -2.09. The molecule has 0 radical (unpaired) electrons. The van der Waals surface area contributed by atoms with Crippen LogP contribution in [0.25, 0.3) is 0 Å². The van der Waals surface area contributed by atoms with Crippen molar-refractivity contribution in [3.05, 3.63) is 0 Å². The molecule has 0 atom stereocenters. The summed E-state index contributed by atoms with van der Waals surface area (Å²) in [5.74, 6) is 0.504. The molecule has 3 amide bonds. The van der Waals surface area contributed by atoms with Gasteiger partial charge < -0.3 is 5.32 Å². The second kappa shape index (κ2) is 2.22. The van der Waals surface area contributed by atoms with Crippen LogP contribution in [0.5, 0.6) is 0 Å². The van der Waals surface area contributed by atoms with Crippen molar-refractivity contribution < 1.29 is 9.59 Å². The Hall–Kier alpha value is -1.06. The Morgan fingerprint density at radius 2 is 2.18 bits per heavy atom. The van der Waals surface area contributed by atoms with E-state index in [9.17, 15) is 9.59 Å². The van der Waals surface area contributed by atoms with Crippen molar-refractivity contribution in [1.29, 1.82) is 0 Å². The van der Waals surface area contributed by atoms with Gasteiger partial charge >= 0.3 is 6.03 Å². The zero-order valence-electron chi connectivity index (χ0n) is 6.17. The Morgan fingerprint density at radius 3 is 2.64 bits per heavy atom. The molecule has 0 unspecified atom stereocenters. The van der Waals surface area contributed by atoms with Crippen molar-refractivity contribution in [3.63, 3.8) is 0 Å². The Balaban J connectivity index is 1.97. The second-order valence-corrected chi connectivity index (χ2v) is 3.11. The SMILES string of the molecule is O=C1CNC(=O)N1CC1CC1. The van der Waals surface area contributed by atoms with Crippen LogP contribution >= 0.6 is 0 Å². The smallest absolute Gasteiger partial charge is 0.324 e. The predicted molar refractivity (Wildman–Crippen MR) is 37.8 cm³/mol. The molecule has 0 bridgehead atoms. The van der Waals surface area contributed by atoms with Crippen molar-refractivity contribution in [2.45, 2.75) is 12.8 Å². The molecule has 4 heteroatoms. The average molecular weight is 154 g/mol. The van der Waals surface area contributed by atoms with Gasteiger partial charge in [-0.3, -0.25) is 9.69 Å². The number of imide groups is 1. The third-order valence-corrected chi connectivity index (χ3v) is 2.07. The lowest BCUT2D eigenvalue weighted by Crippen LogP contribution is -2.32. The van der Waals surface area contributed by atoms with Gasteiger partial charge in [-0.2, -0.15) is 0 Å². The summed E-state index contributed by atoms with van der Waals surface area (Å²) in [5.41, 5.74) is 0. The molecule has 0 aromatic rings. The van der Waals surface area contributed by atoms with Crippen LogP contribution in [0.1, 0.15) is 12.8 Å². The monoisotopic (exact) mass is 154 g/mol. The van der Waals surface area contributed by atoms with E-state index in [1.54, 1.807) is 0 Å². The van der Waals surface area contributed by atoms with Crippen LogP contribution in [0, 0.1) is 5.92 Å². The van der Waals surface area contributed by atoms with Crippen molar-refractivity contribution in [2.24, 2.45) is 5.92 Å². The van der Waals surface area contributed by atoms with Gasteiger partial charge in [-0.15, -0.1) is 0 Å². The summed E-state index contributed by atoms with van der Waals surface area (Å²) in [6.45, 7) is 0.816. The number of carbonyl (C=O) groups excluding carboxylic acids is 2. The molecule has 1 N–H and O–H groups in total. The van der Waals surface area contributed by atoms with Crippen LogP contribution < -0.4 is 5.32 Å². The minimum Gasteiger partial charge on any atom is -0.329 e. The summed E-state index contributed by atoms with van der Waals surface area (Å²) < 4.78 is 0. The number of nitrogens with zero attached hydrogens (tertiary/aromatic N) is 1. The van der Waals surface area contributed by atoms with Gasteiger partial charge in [-0.05, 0) is 18.8 Å². The molecule has 1 aliphatic heterocycles. The summed E-state index contributed by atoms with van der Waals surface area (Å²) in [4.78, 5) is 23.2. The van der Waals surface area contributed by atoms with Crippen molar-refractivity contribution in [2.75, 3.05) is 13.1 Å². The molecule has 0 aromatic heterocycles. The lowest BCUT2D eigenvalue weighted by atomic mass is 10.4. The highest BCUT2D eigenvalue weighted by Gasteiger charge is 2.33. The maximum absolute atomic E-state index is 11.0. The van der Waals surface area contributed by atoms with Gasteiger partial charge in [-0.25, -0.2) is 4.79 Å². The second-order valence-electron chi connectivity index (χ2n) is 3.11. The van der Waals surface area contributed by atoms with E-state index < -0.39 is 0 Å². The molecular weight excluding hydrogens is 144 g/mol. The number of urea groups is 1. The first-order valence-corrected chi connectivity index (χ1v) is 3.85. The predicted octanol–water partition coefficient (Wildman–Crippen LogP) is -0.0518. The standard InChI is InChI=1S/C7H10N2O2/c10-6-3-8-7(11)9(6)4-5-1-2-5/h5H,1-4H2,(H,8,11). The molecule has 4 nitrogen and oxygen atoms in total. The highest BCUT2D eigenvalue weighted by atomic mass is 16.2. The fourth-order valence-corrected chi connectivity index (χ4v) is 1.20. The normalized spacial score (nSPS) is 24.2. The van der Waals surface area contributed by atoms with Crippen LogP contribution in [0.3, 0.4) is 0 Å². The third-order valence-electron chi connectivity index (χ3n) is 2.07. The molecule has 2 rings (SSSR count). The number of rotatable bonds is 2. The number of hydrogen-bond acceptors (Lipinski definition) is 2. The van der Waals surface area contributed by atoms with Gasteiger partial charge in [0.05, 0.1) is 6.54 Å². The summed E-state index contributed by atoms with van der Waals surface area (Å²) in [7, 11) is 0. The first-order valence-electron chi connectivity index (χ1n) is 3.85. The van der Waals surface area contributed by atoms with Crippen LogP contribution in [0.15, 0.2) is 0 Å². The number of nitrogens with one attached hydrogen (secondary N) is 1. The van der Waals surface area contributed by atoms with Gasteiger partial charge in [0.1, 0.15) is 0 Å². The van der Waals surface area contributed by atoms with E-state index in [1.165, 1.54) is 4.90 Å². The third kappa shape index (κ3) is 1.20. The van der Waals surface area contributed by atoms with Gasteiger partial charge in [0.2, 0.25) is 5.91 Å². The van der Waals surface area contributed by atoms with Crippen molar-refractivity contribution in [1.82, 2.24) is 10.2 Å². The molecule has 1 saturated carbocycles. The zero-order valence-corrected chi connectivity index (χ0v) is 6.17. The van der Waals surface area contributed by atoms with E-state index in [4.69, 9.17) is 0 Å². The number of amides is 3. The molecule has 1 heterocycles. The fourth-order valence-electron chi connectivity index (χ4n) is 1.20. The minimum atomic E-state index is -0.220. The molecule has 1 saturated heterocycles. The van der Waals surface area contributed by atoms with Gasteiger partial charge in [0, 0.05) is 6.54 Å². The summed E-state index contributed by atoms with van der Waals surface area (Å²) >= 11 is 0. The first kappa shape index (κ1) is 6.64. The highest BCUT2D eigenvalue weighted by Crippen LogP contribution is 2.30. The number of hydrogen-bond donors (Lipinski definition) is 1. The maximum atomic E-state index is 11.0. The molecule has 2 aliphatic rings. The number of carbonyl (C=O) groups is 2. The molecule has 0 aromatic carbocycles. The molecule has 1 aliphatic carbocycles. The van der Waals surface area contributed by atoms with Crippen LogP contribution in [0.2, 0.25) is 0 Å². The quantitative estimate of drug-likeness (QED) is 0.567. The largest absolute Gasteiger partial charge is 0.329 e. The van der Waals surface area contributed by atoms with E-state index in [2.05, 4.69) is 5.32 Å². The van der Waals surface area contributed by atoms with Crippen LogP contribution in [-0.2, 0) is 4.79 Å². The fraction of sp³-hybridized carbons (Fsp3) is 0.714. The summed E-state index contributed by atoms with van der Waals surface area (Å²) in [6, 6.07) is -0.220. The topological polar surface area (TPSA) is 49.4 Å². The van der Waals surface area contributed by atoms with E-state index in [0.717, 1.165) is 12.8 Å². The molecule has 0 spiro atoms. The minimum absolute atomic E-state index is 0.0816. The maximum Gasteiger partial charge on any atom is 0.324 e. The van der Waals surface area contributed by atoms with Gasteiger partial charge in [0.15, 0.2) is 0 Å². The Labute approximate surface area is 64.5 Å². The Morgan fingerprint density at radius 1 is 1.45 bits per heavy atom. The summed E-state index contributed by atoms with van der Waals surface area (Å²) in [6.07, 6.45) is 2.33. The van der Waals surface area contributed by atoms with Gasteiger partial charge in [-0.1, -0.05) is 0 Å². The van der Waals surface area contributed by atoms with Gasteiger partial charge in [0.25, 0.3) is 0 Å². The van der Waals surface area contributed by atoms with E-state index >= 15 is 0 Å². The Bertz CT molecular complexity index is 194. The Kier molecular flexibility index (Phi) is 1.34. The van der Waals surface area contributed by atoms with Crippen molar-refractivity contribution in [3.8, 4) is 0 Å². The van der Waals surface area contributed by atoms with Crippen molar-refractivity contribution >= 4 is 11.9 Å². The molecule has 60 valence electrons. The lowest BCUT2D eigenvalue weighted by molar-refractivity contribution is -0.125. The van der Waals surface area contributed by atoms with Crippen LogP contribution in [0.4, 0.5) is 4.79 Å².